The highest BCUT2D eigenvalue weighted by Gasteiger charge is 2.27. The Labute approximate surface area is 126 Å². The van der Waals surface area contributed by atoms with Crippen LogP contribution in [0.2, 0.25) is 0 Å². The molecule has 0 saturated heterocycles. The van der Waals surface area contributed by atoms with Gasteiger partial charge in [0.2, 0.25) is 0 Å². The van der Waals surface area contributed by atoms with Gasteiger partial charge in [0.05, 0.1) is 0 Å². The maximum atomic E-state index is 12.0. The Hall–Kier alpha value is -0.330. The quantitative estimate of drug-likeness (QED) is 0.406. The first-order valence-corrected chi connectivity index (χ1v) is 9.30. The largest absolute Gasteiger partial charge is 0.299 e. The number of carbonyl (C=O) groups excluding carboxylic acids is 1. The van der Waals surface area contributed by atoms with Crippen molar-refractivity contribution in [2.24, 2.45) is 11.8 Å². The van der Waals surface area contributed by atoms with Crippen LogP contribution in [0.5, 0.6) is 0 Å². The minimum absolute atomic E-state index is 0.417. The Morgan fingerprint density at radius 1 is 0.850 bits per heavy atom. The van der Waals surface area contributed by atoms with Gasteiger partial charge in [-0.15, -0.1) is 0 Å². The fourth-order valence-corrected chi connectivity index (χ4v) is 3.68. The minimum atomic E-state index is 0.417. The minimum Gasteiger partial charge on any atom is -0.299 e. The molecule has 0 bridgehead atoms. The second-order valence-electron chi connectivity index (χ2n) is 6.86. The molecule has 1 saturated carbocycles. The van der Waals surface area contributed by atoms with Gasteiger partial charge in [0.25, 0.3) is 0 Å². The molecule has 1 nitrogen and oxygen atoms in total. The van der Waals surface area contributed by atoms with Crippen LogP contribution in [0, 0.1) is 11.8 Å². The fourth-order valence-electron chi connectivity index (χ4n) is 3.68. The van der Waals surface area contributed by atoms with Gasteiger partial charge in [-0.3, -0.25) is 4.79 Å². The third kappa shape index (κ3) is 7.45. The third-order valence-corrected chi connectivity index (χ3v) is 4.98. The number of Topliss-reactive ketones (excluding diaryl/α,β-unsaturated/α-hetero) is 1. The lowest BCUT2D eigenvalue weighted by atomic mass is 9.76. The summed E-state index contributed by atoms with van der Waals surface area (Å²) in [7, 11) is 0. The molecule has 0 radical (unpaired) electrons. The highest BCUT2D eigenvalue weighted by molar-refractivity contribution is 5.81. The molecule has 0 aliphatic heterocycles. The summed E-state index contributed by atoms with van der Waals surface area (Å²) in [6.45, 7) is 4.54. The van der Waals surface area contributed by atoms with E-state index in [0.717, 1.165) is 12.3 Å². The van der Waals surface area contributed by atoms with Crippen LogP contribution in [0.4, 0.5) is 0 Å². The van der Waals surface area contributed by atoms with Crippen LogP contribution in [0.15, 0.2) is 0 Å². The van der Waals surface area contributed by atoms with Crippen molar-refractivity contribution in [3.8, 4) is 0 Å². The summed E-state index contributed by atoms with van der Waals surface area (Å²) in [5.74, 6) is 1.83. The van der Waals surface area contributed by atoms with Crippen LogP contribution in [-0.4, -0.2) is 5.78 Å². The van der Waals surface area contributed by atoms with Gasteiger partial charge in [0.1, 0.15) is 5.78 Å². The molecule has 0 aromatic rings. The van der Waals surface area contributed by atoms with Crippen LogP contribution < -0.4 is 0 Å². The first-order chi connectivity index (χ1) is 9.77. The Bertz CT molecular complexity index is 246. The molecule has 20 heavy (non-hydrogen) atoms. The van der Waals surface area contributed by atoms with E-state index in [1.165, 1.54) is 83.5 Å². The molecule has 0 aromatic heterocycles. The number of hydrogen-bond donors (Lipinski definition) is 0. The van der Waals surface area contributed by atoms with Crippen LogP contribution >= 0.6 is 0 Å². The Kier molecular flexibility index (Phi) is 10.1. The predicted molar refractivity (Wildman–Crippen MR) is 88.0 cm³/mol. The lowest BCUT2D eigenvalue weighted by Gasteiger charge is -2.27. The summed E-state index contributed by atoms with van der Waals surface area (Å²) in [6.07, 6.45) is 18.0. The van der Waals surface area contributed by atoms with E-state index < -0.39 is 0 Å². The summed E-state index contributed by atoms with van der Waals surface area (Å²) in [4.78, 5) is 12.0. The number of hydrogen-bond acceptors (Lipinski definition) is 1. The van der Waals surface area contributed by atoms with Gasteiger partial charge in [-0.05, 0) is 25.2 Å². The van der Waals surface area contributed by atoms with Gasteiger partial charge >= 0.3 is 0 Å². The summed E-state index contributed by atoms with van der Waals surface area (Å²) in [5, 5.41) is 0. The molecular weight excluding hydrogens is 244 g/mol. The SMILES string of the molecule is CCCCCCCCCCC1CC(CCC)CCC1=O. The Balaban J connectivity index is 2.03. The van der Waals surface area contributed by atoms with Crippen LogP contribution in [0.1, 0.15) is 104 Å². The maximum Gasteiger partial charge on any atom is 0.135 e. The van der Waals surface area contributed by atoms with Crippen LogP contribution in [-0.2, 0) is 4.79 Å². The molecule has 1 fully saturated rings. The van der Waals surface area contributed by atoms with Crippen molar-refractivity contribution < 1.29 is 4.79 Å². The molecule has 0 aromatic carbocycles. The molecule has 1 heteroatoms. The highest BCUT2D eigenvalue weighted by Crippen LogP contribution is 2.32. The summed E-state index contributed by atoms with van der Waals surface area (Å²) >= 11 is 0. The highest BCUT2D eigenvalue weighted by atomic mass is 16.1. The normalized spacial score (nSPS) is 23.2. The van der Waals surface area contributed by atoms with E-state index in [9.17, 15) is 4.79 Å². The fraction of sp³-hybridized carbons (Fsp3) is 0.947. The average Bonchev–Trinajstić information content (AvgIpc) is 2.45. The molecule has 1 rings (SSSR count). The molecule has 2 unspecified atom stereocenters. The van der Waals surface area contributed by atoms with Gasteiger partial charge in [-0.25, -0.2) is 0 Å². The number of rotatable bonds is 11. The molecule has 1 aliphatic carbocycles. The average molecular weight is 280 g/mol. The summed E-state index contributed by atoms with van der Waals surface area (Å²) in [6, 6.07) is 0. The second-order valence-corrected chi connectivity index (χ2v) is 6.86. The zero-order valence-corrected chi connectivity index (χ0v) is 14.0. The smallest absolute Gasteiger partial charge is 0.135 e. The van der Waals surface area contributed by atoms with Gasteiger partial charge in [0, 0.05) is 12.3 Å². The van der Waals surface area contributed by atoms with Crippen molar-refractivity contribution >= 4 is 5.78 Å². The van der Waals surface area contributed by atoms with E-state index in [-0.39, 0.29) is 0 Å². The number of carbonyl (C=O) groups is 1. The van der Waals surface area contributed by atoms with Crippen LogP contribution in [0.3, 0.4) is 0 Å². The molecule has 0 amide bonds. The maximum absolute atomic E-state index is 12.0. The number of unbranched alkanes of at least 4 members (excludes halogenated alkanes) is 7. The van der Waals surface area contributed by atoms with E-state index in [4.69, 9.17) is 0 Å². The van der Waals surface area contributed by atoms with E-state index in [1.807, 2.05) is 0 Å². The standard InChI is InChI=1S/C19H36O/c1-3-5-6-7-8-9-10-11-13-18-16-17(12-4-2)14-15-19(18)20/h17-18H,3-16H2,1-2H3. The van der Waals surface area contributed by atoms with Gasteiger partial charge in [0.15, 0.2) is 0 Å². The molecule has 2 atom stereocenters. The van der Waals surface area contributed by atoms with Crippen LogP contribution in [0.25, 0.3) is 0 Å². The lowest BCUT2D eigenvalue weighted by Crippen LogP contribution is -2.24. The molecule has 1 aliphatic rings. The van der Waals surface area contributed by atoms with Gasteiger partial charge < -0.3 is 0 Å². The van der Waals surface area contributed by atoms with Crippen molar-refractivity contribution in [2.75, 3.05) is 0 Å². The van der Waals surface area contributed by atoms with Gasteiger partial charge in [-0.2, -0.15) is 0 Å². The van der Waals surface area contributed by atoms with Crippen molar-refractivity contribution in [2.45, 2.75) is 104 Å². The molecule has 0 spiro atoms. The van der Waals surface area contributed by atoms with E-state index in [1.54, 1.807) is 0 Å². The second kappa shape index (κ2) is 11.3. The first kappa shape index (κ1) is 17.7. The predicted octanol–water partition coefficient (Wildman–Crippen LogP) is 6.30. The molecule has 0 heterocycles. The third-order valence-electron chi connectivity index (χ3n) is 4.98. The van der Waals surface area contributed by atoms with Crippen molar-refractivity contribution in [1.82, 2.24) is 0 Å². The van der Waals surface area contributed by atoms with E-state index in [2.05, 4.69) is 13.8 Å². The molecule has 118 valence electrons. The molecule has 0 N–H and O–H groups in total. The van der Waals surface area contributed by atoms with Crippen molar-refractivity contribution in [1.29, 1.82) is 0 Å². The van der Waals surface area contributed by atoms with E-state index >= 15 is 0 Å². The Morgan fingerprint density at radius 3 is 2.15 bits per heavy atom. The number of ketones is 1. The van der Waals surface area contributed by atoms with E-state index in [0.29, 0.717) is 11.7 Å². The molecular formula is C19H36O. The van der Waals surface area contributed by atoms with Crippen molar-refractivity contribution in [3.63, 3.8) is 0 Å². The Morgan fingerprint density at radius 2 is 1.50 bits per heavy atom. The zero-order chi connectivity index (χ0) is 14.6. The zero-order valence-electron chi connectivity index (χ0n) is 14.0. The topological polar surface area (TPSA) is 17.1 Å². The van der Waals surface area contributed by atoms with Crippen molar-refractivity contribution in [3.05, 3.63) is 0 Å². The summed E-state index contributed by atoms with van der Waals surface area (Å²) < 4.78 is 0. The summed E-state index contributed by atoms with van der Waals surface area (Å²) in [5.41, 5.74) is 0. The van der Waals surface area contributed by atoms with Gasteiger partial charge in [-0.1, -0.05) is 78.1 Å². The first-order valence-electron chi connectivity index (χ1n) is 9.30. The lowest BCUT2D eigenvalue weighted by molar-refractivity contribution is -0.125. The monoisotopic (exact) mass is 280 g/mol.